The van der Waals surface area contributed by atoms with E-state index in [0.717, 1.165) is 23.2 Å². The Morgan fingerprint density at radius 2 is 1.88 bits per heavy atom. The number of carbonyl (C=O) groups is 1. The predicted octanol–water partition coefficient (Wildman–Crippen LogP) is 2.92. The maximum Gasteiger partial charge on any atom is 0.151 e. The summed E-state index contributed by atoms with van der Waals surface area (Å²) in [5.41, 5.74) is 4.22. The van der Waals surface area contributed by atoms with Crippen LogP contribution in [0.15, 0.2) is 24.3 Å². The number of aromatic nitrogens is 1. The van der Waals surface area contributed by atoms with Crippen molar-refractivity contribution < 1.29 is 9.90 Å². The molecular weight excluding hydrogens is 214 g/mol. The summed E-state index contributed by atoms with van der Waals surface area (Å²) < 4.78 is 1.89. The first-order valence-corrected chi connectivity index (χ1v) is 5.48. The summed E-state index contributed by atoms with van der Waals surface area (Å²) in [4.78, 5) is 10.9. The largest absolute Gasteiger partial charge is 0.506 e. The molecule has 0 spiro atoms. The minimum Gasteiger partial charge on any atom is -0.506 e. The maximum absolute atomic E-state index is 10.9. The van der Waals surface area contributed by atoms with Gasteiger partial charge in [-0.25, -0.2) is 0 Å². The number of carbonyl (C=O) groups excluding carboxylic acids is 1. The summed E-state index contributed by atoms with van der Waals surface area (Å²) in [6, 6.07) is 7.26. The van der Waals surface area contributed by atoms with Gasteiger partial charge in [-0.05, 0) is 44.5 Å². The fourth-order valence-electron chi connectivity index (χ4n) is 2.09. The monoisotopic (exact) mass is 229 g/mol. The van der Waals surface area contributed by atoms with Gasteiger partial charge in [0.25, 0.3) is 0 Å². The average molecular weight is 229 g/mol. The van der Waals surface area contributed by atoms with E-state index in [1.165, 1.54) is 0 Å². The van der Waals surface area contributed by atoms with Crippen LogP contribution in [-0.4, -0.2) is 16.0 Å². The standard InChI is InChI=1S/C14H15NO2/c1-9-4-5-14(17)13(6-9)15-10(2)7-12(8-16)11(15)3/h4-8,17H,1-3H3. The molecule has 0 aliphatic rings. The molecule has 0 saturated heterocycles. The molecule has 0 unspecified atom stereocenters. The summed E-state index contributed by atoms with van der Waals surface area (Å²) in [5.74, 6) is 0.217. The van der Waals surface area contributed by atoms with E-state index in [-0.39, 0.29) is 5.75 Å². The lowest BCUT2D eigenvalue weighted by Crippen LogP contribution is -2.00. The van der Waals surface area contributed by atoms with Gasteiger partial charge in [0.2, 0.25) is 0 Å². The predicted molar refractivity (Wildman–Crippen MR) is 67.0 cm³/mol. The zero-order valence-corrected chi connectivity index (χ0v) is 10.2. The fourth-order valence-corrected chi connectivity index (χ4v) is 2.09. The van der Waals surface area contributed by atoms with Gasteiger partial charge in [0.1, 0.15) is 5.75 Å². The molecule has 1 heterocycles. The van der Waals surface area contributed by atoms with Crippen LogP contribution < -0.4 is 0 Å². The second-order valence-corrected chi connectivity index (χ2v) is 4.27. The van der Waals surface area contributed by atoms with Gasteiger partial charge in [-0.2, -0.15) is 0 Å². The number of aryl methyl sites for hydroxylation is 2. The van der Waals surface area contributed by atoms with Gasteiger partial charge in [-0.3, -0.25) is 4.79 Å². The Bertz CT molecular complexity index is 582. The number of aldehydes is 1. The number of rotatable bonds is 2. The van der Waals surface area contributed by atoms with Crippen molar-refractivity contribution in [1.82, 2.24) is 4.57 Å². The van der Waals surface area contributed by atoms with Crippen LogP contribution in [0.1, 0.15) is 27.3 Å². The molecule has 0 saturated carbocycles. The second kappa shape index (κ2) is 4.09. The first-order valence-electron chi connectivity index (χ1n) is 5.48. The van der Waals surface area contributed by atoms with Crippen LogP contribution in [0.2, 0.25) is 0 Å². The van der Waals surface area contributed by atoms with Crippen molar-refractivity contribution >= 4 is 6.29 Å². The molecule has 3 nitrogen and oxygen atoms in total. The topological polar surface area (TPSA) is 42.2 Å². The average Bonchev–Trinajstić information content (AvgIpc) is 2.58. The van der Waals surface area contributed by atoms with Gasteiger partial charge in [0.15, 0.2) is 6.29 Å². The van der Waals surface area contributed by atoms with Gasteiger partial charge < -0.3 is 9.67 Å². The Kier molecular flexibility index (Phi) is 2.76. The lowest BCUT2D eigenvalue weighted by atomic mass is 10.2. The Morgan fingerprint density at radius 1 is 1.18 bits per heavy atom. The van der Waals surface area contributed by atoms with Crippen molar-refractivity contribution in [2.24, 2.45) is 0 Å². The SMILES string of the molecule is Cc1ccc(O)c(-n2c(C)cc(C=O)c2C)c1. The van der Waals surface area contributed by atoms with Gasteiger partial charge in [0.05, 0.1) is 5.69 Å². The third-order valence-electron chi connectivity index (χ3n) is 2.97. The van der Waals surface area contributed by atoms with E-state index < -0.39 is 0 Å². The maximum atomic E-state index is 10.9. The van der Waals surface area contributed by atoms with Gasteiger partial charge in [0, 0.05) is 17.0 Å². The van der Waals surface area contributed by atoms with Crippen LogP contribution in [0.3, 0.4) is 0 Å². The van der Waals surface area contributed by atoms with E-state index in [0.29, 0.717) is 11.3 Å². The molecule has 2 rings (SSSR count). The molecule has 0 fully saturated rings. The molecule has 0 atom stereocenters. The smallest absolute Gasteiger partial charge is 0.151 e. The number of nitrogens with zero attached hydrogens (tertiary/aromatic N) is 1. The quantitative estimate of drug-likeness (QED) is 0.804. The highest BCUT2D eigenvalue weighted by molar-refractivity contribution is 5.78. The Balaban J connectivity index is 2.72. The highest BCUT2D eigenvalue weighted by atomic mass is 16.3. The van der Waals surface area contributed by atoms with Crippen molar-refractivity contribution in [2.45, 2.75) is 20.8 Å². The summed E-state index contributed by atoms with van der Waals surface area (Å²) in [7, 11) is 0. The molecule has 0 aliphatic carbocycles. The molecule has 1 aromatic carbocycles. The number of hydrogen-bond acceptors (Lipinski definition) is 2. The molecular formula is C14H15NO2. The molecule has 17 heavy (non-hydrogen) atoms. The second-order valence-electron chi connectivity index (χ2n) is 4.27. The van der Waals surface area contributed by atoms with Crippen LogP contribution >= 0.6 is 0 Å². The normalized spacial score (nSPS) is 10.5. The highest BCUT2D eigenvalue weighted by Gasteiger charge is 2.12. The first kappa shape index (κ1) is 11.5. The van der Waals surface area contributed by atoms with Crippen LogP contribution in [-0.2, 0) is 0 Å². The van der Waals surface area contributed by atoms with Crippen molar-refractivity contribution in [3.63, 3.8) is 0 Å². The summed E-state index contributed by atoms with van der Waals surface area (Å²) in [5, 5.41) is 9.91. The van der Waals surface area contributed by atoms with Crippen molar-refractivity contribution in [1.29, 1.82) is 0 Å². The lowest BCUT2D eigenvalue weighted by Gasteiger charge is -2.12. The summed E-state index contributed by atoms with van der Waals surface area (Å²) >= 11 is 0. The summed E-state index contributed by atoms with van der Waals surface area (Å²) in [6.45, 7) is 5.76. The van der Waals surface area contributed by atoms with E-state index >= 15 is 0 Å². The van der Waals surface area contributed by atoms with Crippen LogP contribution in [0.4, 0.5) is 0 Å². The Labute approximate surface area is 100 Å². The van der Waals surface area contributed by atoms with Crippen molar-refractivity contribution in [3.05, 3.63) is 46.8 Å². The minimum absolute atomic E-state index is 0.217. The molecule has 2 aromatic rings. The number of phenols is 1. The number of phenolic OH excluding ortho intramolecular Hbond substituents is 1. The summed E-state index contributed by atoms with van der Waals surface area (Å²) in [6.07, 6.45) is 0.839. The molecule has 88 valence electrons. The molecule has 1 aromatic heterocycles. The first-order chi connectivity index (χ1) is 8.04. The number of benzene rings is 1. The zero-order chi connectivity index (χ0) is 12.6. The fraction of sp³-hybridized carbons (Fsp3) is 0.214. The van der Waals surface area contributed by atoms with Gasteiger partial charge >= 0.3 is 0 Å². The van der Waals surface area contributed by atoms with E-state index in [2.05, 4.69) is 0 Å². The molecule has 0 aliphatic heterocycles. The zero-order valence-electron chi connectivity index (χ0n) is 10.2. The molecule has 0 bridgehead atoms. The number of aromatic hydroxyl groups is 1. The van der Waals surface area contributed by atoms with Crippen molar-refractivity contribution in [2.75, 3.05) is 0 Å². The molecule has 3 heteroatoms. The van der Waals surface area contributed by atoms with Crippen LogP contribution in [0.5, 0.6) is 5.75 Å². The minimum atomic E-state index is 0.217. The third-order valence-corrected chi connectivity index (χ3v) is 2.97. The van der Waals surface area contributed by atoms with Gasteiger partial charge in [-0.1, -0.05) is 6.07 Å². The Morgan fingerprint density at radius 3 is 2.47 bits per heavy atom. The molecule has 0 amide bonds. The van der Waals surface area contributed by atoms with E-state index in [9.17, 15) is 9.90 Å². The van der Waals surface area contributed by atoms with E-state index in [1.807, 2.05) is 43.5 Å². The number of hydrogen-bond donors (Lipinski definition) is 1. The van der Waals surface area contributed by atoms with E-state index in [4.69, 9.17) is 0 Å². The third kappa shape index (κ3) is 1.84. The Hall–Kier alpha value is -2.03. The lowest BCUT2D eigenvalue weighted by molar-refractivity contribution is 0.112. The highest BCUT2D eigenvalue weighted by Crippen LogP contribution is 2.27. The van der Waals surface area contributed by atoms with Crippen LogP contribution in [0.25, 0.3) is 5.69 Å². The van der Waals surface area contributed by atoms with Crippen molar-refractivity contribution in [3.8, 4) is 11.4 Å². The molecule has 0 radical (unpaired) electrons. The van der Waals surface area contributed by atoms with Gasteiger partial charge in [-0.15, -0.1) is 0 Å². The molecule has 1 N–H and O–H groups in total. The van der Waals surface area contributed by atoms with Crippen LogP contribution in [0, 0.1) is 20.8 Å². The van der Waals surface area contributed by atoms with E-state index in [1.54, 1.807) is 6.07 Å².